The van der Waals surface area contributed by atoms with Gasteiger partial charge in [0.2, 0.25) is 0 Å². The molecule has 606 valence electrons. The van der Waals surface area contributed by atoms with Crippen molar-refractivity contribution in [2.45, 2.75) is 452 Å². The van der Waals surface area contributed by atoms with Crippen LogP contribution in [0.15, 0.2) is 0 Å². The summed E-state index contributed by atoms with van der Waals surface area (Å²) in [6.07, 6.45) is 62.3. The summed E-state index contributed by atoms with van der Waals surface area (Å²) in [5.74, 6) is 0.282. The fraction of sp³-hybridized carbons (Fsp3) is 0.952. The third-order valence-electron chi connectivity index (χ3n) is 19.7. The lowest BCUT2D eigenvalue weighted by atomic mass is 9.99. The van der Waals surface area contributed by atoms with Crippen LogP contribution in [0.4, 0.5) is 0 Å². The quantitative estimate of drug-likeness (QED) is 0.0222. The van der Waals surface area contributed by atoms with Crippen molar-refractivity contribution in [3.63, 3.8) is 0 Å². The predicted molar refractivity (Wildman–Crippen MR) is 418 cm³/mol. The molecule has 0 amide bonds. The fourth-order valence-corrected chi connectivity index (χ4v) is 14.4. The Morgan fingerprint density at radius 1 is 0.284 bits per heavy atom. The van der Waals surface area contributed by atoms with E-state index in [1.165, 1.54) is 244 Å². The molecule has 0 aliphatic carbocycles. The number of hydrogen-bond donors (Lipinski definition) is 3. The second-order valence-corrected chi connectivity index (χ2v) is 34.0. The van der Waals surface area contributed by atoms with Crippen molar-refractivity contribution in [2.24, 2.45) is 17.8 Å². The van der Waals surface area contributed by atoms with E-state index < -0.39 is 97.5 Å². The molecule has 0 aromatic carbocycles. The molecule has 0 radical (unpaired) electrons. The molecule has 0 heterocycles. The van der Waals surface area contributed by atoms with E-state index in [9.17, 15) is 43.2 Å². The van der Waals surface area contributed by atoms with Gasteiger partial charge >= 0.3 is 39.5 Å². The average molecular weight is 1490 g/mol. The number of phosphoric acid groups is 2. The van der Waals surface area contributed by atoms with Gasteiger partial charge in [-0.3, -0.25) is 37.3 Å². The molecule has 6 atom stereocenters. The van der Waals surface area contributed by atoms with Crippen LogP contribution in [-0.2, 0) is 65.4 Å². The lowest BCUT2D eigenvalue weighted by Gasteiger charge is -2.21. The molecule has 0 saturated heterocycles. The summed E-state index contributed by atoms with van der Waals surface area (Å²) < 4.78 is 68.8. The topological polar surface area (TPSA) is 237 Å². The first-order valence-electron chi connectivity index (χ1n) is 42.9. The normalized spacial score (nSPS) is 14.2. The fourth-order valence-electron chi connectivity index (χ4n) is 12.8. The van der Waals surface area contributed by atoms with Crippen molar-refractivity contribution < 1.29 is 80.2 Å². The Balaban J connectivity index is 5.25. The minimum absolute atomic E-state index is 0.108. The number of esters is 4. The van der Waals surface area contributed by atoms with Gasteiger partial charge in [0.05, 0.1) is 26.4 Å². The van der Waals surface area contributed by atoms with Crippen LogP contribution in [0.3, 0.4) is 0 Å². The van der Waals surface area contributed by atoms with Crippen LogP contribution in [-0.4, -0.2) is 96.7 Å². The summed E-state index contributed by atoms with van der Waals surface area (Å²) in [4.78, 5) is 73.1. The number of aliphatic hydroxyl groups is 1. The van der Waals surface area contributed by atoms with Crippen LogP contribution >= 0.6 is 15.6 Å². The van der Waals surface area contributed by atoms with Gasteiger partial charge in [-0.1, -0.05) is 382 Å². The molecule has 17 nitrogen and oxygen atoms in total. The van der Waals surface area contributed by atoms with E-state index in [4.69, 9.17) is 37.0 Å². The van der Waals surface area contributed by atoms with Crippen LogP contribution < -0.4 is 0 Å². The van der Waals surface area contributed by atoms with E-state index in [1.54, 1.807) is 0 Å². The molecule has 3 N–H and O–H groups in total. The highest BCUT2D eigenvalue weighted by atomic mass is 31.2. The van der Waals surface area contributed by atoms with Crippen molar-refractivity contribution >= 4 is 39.5 Å². The molecule has 19 heteroatoms. The Hall–Kier alpha value is -1.94. The molecule has 3 unspecified atom stereocenters. The van der Waals surface area contributed by atoms with E-state index >= 15 is 0 Å². The monoisotopic (exact) mass is 1490 g/mol. The Labute approximate surface area is 626 Å². The molecule has 0 rings (SSSR count). The SMILES string of the molecule is CCCCCCCCCCCCCCCCC(=O)O[C@H](COC(=O)CCCCCCCCCCCCC(C)C)COP(=O)(O)OC[C@H](O)COP(=O)(O)OC[C@@H](COC(=O)CCCCCCCCCCCCC(C)CC)OC(=O)CCCCCCCCCCCCCCCCCCCCC(C)C. The maximum absolute atomic E-state index is 13.1. The van der Waals surface area contributed by atoms with Crippen LogP contribution in [0, 0.1) is 17.8 Å². The van der Waals surface area contributed by atoms with Gasteiger partial charge in [0.25, 0.3) is 0 Å². The van der Waals surface area contributed by atoms with Gasteiger partial charge < -0.3 is 33.8 Å². The number of rotatable bonds is 81. The highest BCUT2D eigenvalue weighted by molar-refractivity contribution is 7.47. The highest BCUT2D eigenvalue weighted by Crippen LogP contribution is 2.45. The summed E-state index contributed by atoms with van der Waals surface area (Å²) in [6, 6.07) is 0. The van der Waals surface area contributed by atoms with Crippen LogP contribution in [0.1, 0.15) is 434 Å². The standard InChI is InChI=1S/C83H162O17P2/c1-8-10-11-12-13-14-15-16-24-27-38-45-52-59-66-82(87)99-78(70-93-80(85)64-57-50-43-36-31-29-34-41-48-55-62-75(5)6)72-97-101(89,90)95-68-77(84)69-96-102(91,92)98-73-79(71-94-81(86)65-58-51-44-37-32-30-35-42-49-56-63-76(7)9-2)100-83(88)67-60-53-46-39-28-25-22-20-18-17-19-21-23-26-33-40-47-54-61-74(3)4/h74-79,84H,8-73H2,1-7H3,(H,89,90)(H,91,92)/t76?,77-,78+,79+/m0/s1. The first-order chi connectivity index (χ1) is 49.3. The third-order valence-corrected chi connectivity index (χ3v) is 21.6. The highest BCUT2D eigenvalue weighted by Gasteiger charge is 2.30. The molecule has 0 saturated carbocycles. The minimum atomic E-state index is -4.96. The van der Waals surface area contributed by atoms with Gasteiger partial charge in [-0.25, -0.2) is 9.13 Å². The number of aliphatic hydroxyl groups excluding tert-OH is 1. The van der Waals surface area contributed by atoms with Gasteiger partial charge in [-0.05, 0) is 43.4 Å². The molecule has 0 aliphatic heterocycles. The van der Waals surface area contributed by atoms with Crippen molar-refractivity contribution in [2.75, 3.05) is 39.6 Å². The number of unbranched alkanes of at least 4 members (excludes halogenated alkanes) is 48. The Kier molecular flexibility index (Phi) is 71.8. The van der Waals surface area contributed by atoms with Gasteiger partial charge in [0.1, 0.15) is 19.3 Å². The number of phosphoric ester groups is 2. The van der Waals surface area contributed by atoms with Crippen LogP contribution in [0.5, 0.6) is 0 Å². The molecule has 0 spiro atoms. The molecule has 102 heavy (non-hydrogen) atoms. The van der Waals surface area contributed by atoms with E-state index in [1.807, 2.05) is 0 Å². The average Bonchev–Trinajstić information content (AvgIpc) is 0.914. The van der Waals surface area contributed by atoms with Crippen molar-refractivity contribution in [1.29, 1.82) is 0 Å². The van der Waals surface area contributed by atoms with E-state index in [0.717, 1.165) is 108 Å². The zero-order valence-corrected chi connectivity index (χ0v) is 68.9. The lowest BCUT2D eigenvalue weighted by molar-refractivity contribution is -0.161. The summed E-state index contributed by atoms with van der Waals surface area (Å²) in [5.41, 5.74) is 0. The van der Waals surface area contributed by atoms with E-state index in [0.29, 0.717) is 25.7 Å². The van der Waals surface area contributed by atoms with Crippen molar-refractivity contribution in [3.05, 3.63) is 0 Å². The smallest absolute Gasteiger partial charge is 0.462 e. The Morgan fingerprint density at radius 3 is 0.745 bits per heavy atom. The van der Waals surface area contributed by atoms with Crippen LogP contribution in [0.2, 0.25) is 0 Å². The molecule has 0 aliphatic rings. The summed E-state index contributed by atoms with van der Waals surface area (Å²) >= 11 is 0. The number of ether oxygens (including phenoxy) is 4. The molecular weight excluding hydrogens is 1330 g/mol. The molecule has 0 aromatic rings. The van der Waals surface area contributed by atoms with Gasteiger partial charge in [-0.2, -0.15) is 0 Å². The molecule has 0 fully saturated rings. The summed E-state index contributed by atoms with van der Waals surface area (Å²) in [5, 5.41) is 10.7. The van der Waals surface area contributed by atoms with E-state index in [2.05, 4.69) is 48.5 Å². The predicted octanol–water partition coefficient (Wildman–Crippen LogP) is 24.9. The lowest BCUT2D eigenvalue weighted by Crippen LogP contribution is -2.30. The van der Waals surface area contributed by atoms with Crippen molar-refractivity contribution in [3.8, 4) is 0 Å². The second kappa shape index (κ2) is 73.2. The maximum atomic E-state index is 13.1. The molecule has 0 bridgehead atoms. The number of carbonyl (C=O) groups is 4. The zero-order chi connectivity index (χ0) is 75.1. The maximum Gasteiger partial charge on any atom is 0.472 e. The van der Waals surface area contributed by atoms with Gasteiger partial charge in [-0.15, -0.1) is 0 Å². The first-order valence-corrected chi connectivity index (χ1v) is 45.9. The Morgan fingerprint density at radius 2 is 0.500 bits per heavy atom. The van der Waals surface area contributed by atoms with Crippen molar-refractivity contribution in [1.82, 2.24) is 0 Å². The Bertz CT molecular complexity index is 1980. The molecule has 0 aromatic heterocycles. The largest absolute Gasteiger partial charge is 0.472 e. The first kappa shape index (κ1) is 100. The second-order valence-electron chi connectivity index (χ2n) is 31.1. The van der Waals surface area contributed by atoms with Crippen LogP contribution in [0.25, 0.3) is 0 Å². The van der Waals surface area contributed by atoms with Gasteiger partial charge in [0.15, 0.2) is 12.2 Å². The summed E-state index contributed by atoms with van der Waals surface area (Å²) in [7, 11) is -9.92. The minimum Gasteiger partial charge on any atom is -0.462 e. The summed E-state index contributed by atoms with van der Waals surface area (Å²) in [6.45, 7) is 12.0. The molecular formula is C83H162O17P2. The number of carbonyl (C=O) groups excluding carboxylic acids is 4. The van der Waals surface area contributed by atoms with E-state index in [-0.39, 0.29) is 25.7 Å². The number of hydrogen-bond acceptors (Lipinski definition) is 15. The third kappa shape index (κ3) is 74.9. The zero-order valence-electron chi connectivity index (χ0n) is 67.1. The van der Waals surface area contributed by atoms with Gasteiger partial charge in [0, 0.05) is 25.7 Å².